The fourth-order valence-corrected chi connectivity index (χ4v) is 21.3. The van der Waals surface area contributed by atoms with Gasteiger partial charge in [0.05, 0.1) is 45.4 Å². The van der Waals surface area contributed by atoms with Gasteiger partial charge in [0.25, 0.3) is 0 Å². The molecule has 1 aliphatic heterocycles. The van der Waals surface area contributed by atoms with Crippen molar-refractivity contribution in [2.75, 3.05) is 0 Å². The van der Waals surface area contributed by atoms with E-state index >= 15 is 0 Å². The number of allylic oxidation sites excluding steroid dienone is 2. The zero-order chi connectivity index (χ0) is 81.7. The van der Waals surface area contributed by atoms with Gasteiger partial charge in [-0.3, -0.25) is 4.99 Å². The molecule has 3 unspecified atom stereocenters. The molecule has 578 valence electrons. The summed E-state index contributed by atoms with van der Waals surface area (Å²) in [5.74, 6) is 1.27. The van der Waals surface area contributed by atoms with E-state index in [0.29, 0.717) is 5.92 Å². The van der Waals surface area contributed by atoms with E-state index in [9.17, 15) is 0 Å². The number of hydrogen-bond acceptors (Lipinski definition) is 6. The van der Waals surface area contributed by atoms with Gasteiger partial charge in [-0.25, -0.2) is 24.9 Å². The summed E-state index contributed by atoms with van der Waals surface area (Å²) in [6.45, 7) is 14.1. The molecule has 0 saturated heterocycles. The fourth-order valence-electron chi connectivity index (χ4n) is 21.3. The second-order valence-corrected chi connectivity index (χ2v) is 34.9. The average molecular weight is 1560 g/mol. The van der Waals surface area contributed by atoms with E-state index in [1.807, 2.05) is 6.07 Å². The molecule has 0 fully saturated rings. The summed E-state index contributed by atoms with van der Waals surface area (Å²) in [5.41, 5.74) is 32.4. The smallest absolute Gasteiger partial charge is 0.159 e. The minimum atomic E-state index is -0.169. The van der Waals surface area contributed by atoms with Crippen LogP contribution in [0.3, 0.4) is 0 Å². The van der Waals surface area contributed by atoms with Crippen LogP contribution in [0.15, 0.2) is 387 Å². The van der Waals surface area contributed by atoms with Gasteiger partial charge in [-0.15, -0.1) is 0 Å². The Balaban J connectivity index is 0.000000107. The predicted molar refractivity (Wildman–Crippen MR) is 509 cm³/mol. The zero-order valence-corrected chi connectivity index (χ0v) is 68.8. The predicted octanol–water partition coefficient (Wildman–Crippen LogP) is 29.2. The molecule has 0 spiro atoms. The van der Waals surface area contributed by atoms with Gasteiger partial charge >= 0.3 is 0 Å². The van der Waals surface area contributed by atoms with Crippen LogP contribution in [-0.4, -0.2) is 36.7 Å². The third-order valence-electron chi connectivity index (χ3n) is 27.1. The zero-order valence-electron chi connectivity index (χ0n) is 68.8. The van der Waals surface area contributed by atoms with Crippen LogP contribution in [0, 0.1) is 5.92 Å². The molecule has 0 bridgehead atoms. The Kier molecular flexibility index (Phi) is 16.8. The number of nitrogens with zero attached hydrogens (tertiary/aromatic N) is 6. The van der Waals surface area contributed by atoms with Gasteiger partial charge < -0.3 is 0 Å². The van der Waals surface area contributed by atoms with E-state index in [1.54, 1.807) is 12.4 Å². The number of aliphatic imine (C=N–C) groups is 1. The quantitative estimate of drug-likeness (QED) is 0.149. The van der Waals surface area contributed by atoms with Gasteiger partial charge in [0.1, 0.15) is 0 Å². The van der Waals surface area contributed by atoms with Gasteiger partial charge in [-0.1, -0.05) is 399 Å². The van der Waals surface area contributed by atoms with Crippen LogP contribution >= 0.6 is 0 Å². The van der Waals surface area contributed by atoms with Crippen molar-refractivity contribution >= 4 is 92.3 Å². The normalized spacial score (nSPS) is 16.2. The number of hydrogen-bond donors (Lipinski definition) is 0. The monoisotopic (exact) mass is 1560 g/mol. The molecule has 5 heterocycles. The van der Waals surface area contributed by atoms with Crippen LogP contribution < -0.4 is 0 Å². The van der Waals surface area contributed by atoms with Gasteiger partial charge in [0.15, 0.2) is 5.82 Å². The summed E-state index contributed by atoms with van der Waals surface area (Å²) in [4.78, 5) is 30.3. The SMILES string of the molecule is CC1(C)c2ccccc2-c2nc3c(ccc4ccccc43)c(-c3ccc(-c4cc5ccccc5c5ccccc45)cc3)c21.CC1(C)c2ccccc2-c2nc3c(ccc4ccccc43)c(-c3ccc(-c4ncccn4)cc3)c21.CC1(C)c2ccccc2-c2nc3c(ccc4ccccc43)c(-c3ccc(C4C(c5ccccc5)=NC5C=CC=CC54)cc3)c21. The Morgan fingerprint density at radius 2 is 0.631 bits per heavy atom. The Morgan fingerprint density at radius 3 is 1.10 bits per heavy atom. The molecule has 20 aromatic rings. The summed E-state index contributed by atoms with van der Waals surface area (Å²) in [6.07, 6.45) is 12.5. The number of aromatic nitrogens is 5. The molecule has 122 heavy (non-hydrogen) atoms. The molecule has 3 atom stereocenters. The second-order valence-electron chi connectivity index (χ2n) is 34.9. The fraction of sp³-hybridized carbons (Fsp3) is 0.103. The van der Waals surface area contributed by atoms with Crippen molar-refractivity contribution in [3.63, 3.8) is 0 Å². The van der Waals surface area contributed by atoms with Crippen molar-refractivity contribution < 1.29 is 0 Å². The number of rotatable bonds is 7. The van der Waals surface area contributed by atoms with Crippen LogP contribution in [-0.2, 0) is 16.2 Å². The van der Waals surface area contributed by atoms with Crippen LogP contribution in [0.25, 0.3) is 176 Å². The Bertz CT molecular complexity index is 7830. The molecule has 0 N–H and O–H groups in total. The topological polar surface area (TPSA) is 76.8 Å². The van der Waals surface area contributed by atoms with E-state index in [1.165, 1.54) is 181 Å². The van der Waals surface area contributed by atoms with Crippen molar-refractivity contribution in [1.82, 2.24) is 24.9 Å². The lowest BCUT2D eigenvalue weighted by atomic mass is 9.76. The molecule has 5 aliphatic rings. The first-order valence-electron chi connectivity index (χ1n) is 42.7. The summed E-state index contributed by atoms with van der Waals surface area (Å²) >= 11 is 0. The third kappa shape index (κ3) is 11.4. The minimum absolute atomic E-state index is 0.157. The second kappa shape index (κ2) is 28.2. The summed E-state index contributed by atoms with van der Waals surface area (Å²) < 4.78 is 0. The summed E-state index contributed by atoms with van der Waals surface area (Å²) in [7, 11) is 0. The lowest BCUT2D eigenvalue weighted by Crippen LogP contribution is -2.21. The van der Waals surface area contributed by atoms with Crippen molar-refractivity contribution in [3.05, 3.63) is 427 Å². The van der Waals surface area contributed by atoms with E-state index in [-0.39, 0.29) is 28.2 Å². The molecule has 0 radical (unpaired) electrons. The molecule has 4 aliphatic carbocycles. The van der Waals surface area contributed by atoms with Crippen molar-refractivity contribution in [2.45, 2.75) is 69.7 Å². The first-order chi connectivity index (χ1) is 59.8. The maximum atomic E-state index is 5.45. The number of pyridine rings is 3. The highest BCUT2D eigenvalue weighted by atomic mass is 14.9. The van der Waals surface area contributed by atoms with Crippen LogP contribution in [0.1, 0.15) is 92.0 Å². The van der Waals surface area contributed by atoms with Crippen molar-refractivity contribution in [3.8, 4) is 89.7 Å². The minimum Gasteiger partial charge on any atom is -0.280 e. The standard InChI is InChI=1S/C42H32N2.C42H29N.C32H23N3/c1-42(2)34-18-10-8-16-31(34)41-38(42)36(33-25-24-26-12-6-7-15-30(26)40(33)44-41)27-20-22-28(23-21-27)37-32-17-9-11-19-35(32)43-39(37)29-13-4-3-5-14-29;1-42(2)37-18-10-9-17-34(37)41-39(42)38(35-24-23-26-11-3-6-14-31(26)40(35)43-41)28-21-19-27(20-22-28)36-25-29-12-4-5-13-30(29)32-15-7-8-16-33(32)36;1-32(2)26-11-6-5-10-24(26)30-28(32)27(21-12-14-22(15-13-21)31-33-18-7-19-34-31)25-17-16-20-8-3-4-9-23(20)29(25)35-30/h3-25,32,35,37H,1-2H3;3-25H,1-2H3;3-19H,1-2H3. The van der Waals surface area contributed by atoms with Gasteiger partial charge in [-0.2, -0.15) is 0 Å². The highest BCUT2D eigenvalue weighted by Gasteiger charge is 2.44. The molecule has 6 nitrogen and oxygen atoms in total. The highest BCUT2D eigenvalue weighted by molar-refractivity contribution is 6.18. The highest BCUT2D eigenvalue weighted by Crippen LogP contribution is 2.58. The summed E-state index contributed by atoms with van der Waals surface area (Å²) in [6, 6.07) is 126. The van der Waals surface area contributed by atoms with Crippen molar-refractivity contribution in [1.29, 1.82) is 0 Å². The van der Waals surface area contributed by atoms with Crippen LogP contribution in [0.5, 0.6) is 0 Å². The van der Waals surface area contributed by atoms with E-state index in [2.05, 4.69) is 416 Å². The van der Waals surface area contributed by atoms with Crippen molar-refractivity contribution in [2.24, 2.45) is 10.9 Å². The van der Waals surface area contributed by atoms with E-state index in [0.717, 1.165) is 45.0 Å². The van der Waals surface area contributed by atoms with Gasteiger partial charge in [0, 0.05) is 95.0 Å². The average Bonchev–Trinajstić information content (AvgIpc) is 1.55. The maximum absolute atomic E-state index is 5.45. The first-order valence-corrected chi connectivity index (χ1v) is 42.7. The Hall–Kier alpha value is -14.7. The molecule has 0 amide bonds. The van der Waals surface area contributed by atoms with Crippen LogP contribution in [0.4, 0.5) is 0 Å². The molecule has 6 heteroatoms. The first kappa shape index (κ1) is 72.5. The Morgan fingerprint density at radius 1 is 0.262 bits per heavy atom. The molecule has 25 rings (SSSR count). The van der Waals surface area contributed by atoms with E-state index in [4.69, 9.17) is 19.9 Å². The molecule has 16 aromatic carbocycles. The molecule has 0 saturated carbocycles. The third-order valence-corrected chi connectivity index (χ3v) is 27.1. The van der Waals surface area contributed by atoms with Gasteiger partial charge in [0.2, 0.25) is 0 Å². The Labute approximate surface area is 709 Å². The molecular formula is C116H84N6. The number of fused-ring (bicyclic) bond motifs is 22. The van der Waals surface area contributed by atoms with Crippen LogP contribution in [0.2, 0.25) is 0 Å². The molecular weight excluding hydrogens is 1480 g/mol. The molecule has 4 aromatic heterocycles. The summed E-state index contributed by atoms with van der Waals surface area (Å²) in [5, 5.41) is 16.0. The lowest BCUT2D eigenvalue weighted by Gasteiger charge is -2.26. The van der Waals surface area contributed by atoms with Gasteiger partial charge in [-0.05, 0) is 139 Å². The van der Waals surface area contributed by atoms with E-state index < -0.39 is 0 Å². The lowest BCUT2D eigenvalue weighted by molar-refractivity contribution is 0.583. The largest absolute Gasteiger partial charge is 0.280 e. The number of benzene rings is 16. The maximum Gasteiger partial charge on any atom is 0.159 e.